The molecule has 2 aromatic heterocycles. The van der Waals surface area contributed by atoms with E-state index in [0.29, 0.717) is 17.1 Å². The van der Waals surface area contributed by atoms with Gasteiger partial charge in [0.05, 0.1) is 6.54 Å². The van der Waals surface area contributed by atoms with Crippen LogP contribution >= 0.6 is 11.5 Å². The number of anilines is 2. The first-order chi connectivity index (χ1) is 7.72. The van der Waals surface area contributed by atoms with Gasteiger partial charge >= 0.3 is 0 Å². The van der Waals surface area contributed by atoms with Crippen LogP contribution in [0.4, 0.5) is 10.8 Å². The zero-order valence-electron chi connectivity index (χ0n) is 8.51. The molecule has 0 radical (unpaired) electrons. The van der Waals surface area contributed by atoms with Crippen LogP contribution in [0.5, 0.6) is 0 Å². The third kappa shape index (κ3) is 1.80. The number of nitriles is 1. The second kappa shape index (κ2) is 4.16. The standard InChI is InChI=1S/C8H9N7S/c1-15-4-12-13-6(15)3-11-8-5(2-9)7(10)14-16-8/h4,11H,3H2,1H3,(H2,10,14). The van der Waals surface area contributed by atoms with Gasteiger partial charge in [-0.1, -0.05) is 0 Å². The fourth-order valence-corrected chi connectivity index (χ4v) is 1.82. The minimum atomic E-state index is 0.257. The summed E-state index contributed by atoms with van der Waals surface area (Å²) in [5.41, 5.74) is 5.92. The van der Waals surface area contributed by atoms with Gasteiger partial charge in [-0.25, -0.2) is 0 Å². The molecule has 0 unspecified atom stereocenters. The molecule has 0 aliphatic carbocycles. The molecule has 3 N–H and O–H groups in total. The van der Waals surface area contributed by atoms with Crippen LogP contribution in [0.25, 0.3) is 0 Å². The molecule has 0 bridgehead atoms. The second-order valence-corrected chi connectivity index (χ2v) is 3.87. The van der Waals surface area contributed by atoms with Crippen molar-refractivity contribution in [3.05, 3.63) is 17.7 Å². The van der Waals surface area contributed by atoms with E-state index in [2.05, 4.69) is 19.9 Å². The summed E-state index contributed by atoms with van der Waals surface area (Å²) in [5.74, 6) is 1.03. The molecule has 0 spiro atoms. The topological polar surface area (TPSA) is 105 Å². The Kier molecular flexibility index (Phi) is 2.70. The highest BCUT2D eigenvalue weighted by Gasteiger charge is 2.11. The van der Waals surface area contributed by atoms with E-state index < -0.39 is 0 Å². The summed E-state index contributed by atoms with van der Waals surface area (Å²) in [7, 11) is 1.85. The number of rotatable bonds is 3. The van der Waals surface area contributed by atoms with Gasteiger partial charge in [-0.05, 0) is 11.5 Å². The second-order valence-electron chi connectivity index (χ2n) is 3.10. The van der Waals surface area contributed by atoms with Gasteiger partial charge in [0.25, 0.3) is 0 Å². The van der Waals surface area contributed by atoms with E-state index in [1.807, 2.05) is 13.1 Å². The van der Waals surface area contributed by atoms with Crippen molar-refractivity contribution in [3.63, 3.8) is 0 Å². The van der Waals surface area contributed by atoms with Crippen LogP contribution in [0, 0.1) is 11.3 Å². The number of aromatic nitrogens is 4. The van der Waals surface area contributed by atoms with Gasteiger partial charge in [0.15, 0.2) is 11.6 Å². The lowest BCUT2D eigenvalue weighted by molar-refractivity contribution is 0.813. The number of aryl methyl sites for hydroxylation is 1. The van der Waals surface area contributed by atoms with Crippen molar-refractivity contribution < 1.29 is 0 Å². The summed E-state index contributed by atoms with van der Waals surface area (Å²) in [5, 5.41) is 20.2. The largest absolute Gasteiger partial charge is 0.382 e. The summed E-state index contributed by atoms with van der Waals surface area (Å²) in [6.45, 7) is 0.479. The number of nitrogens with one attached hydrogen (secondary N) is 1. The first kappa shape index (κ1) is 10.4. The minimum absolute atomic E-state index is 0.257. The highest BCUT2D eigenvalue weighted by atomic mass is 32.1. The van der Waals surface area contributed by atoms with Crippen LogP contribution in [0.15, 0.2) is 6.33 Å². The summed E-state index contributed by atoms with van der Waals surface area (Å²) in [6.07, 6.45) is 1.61. The van der Waals surface area contributed by atoms with E-state index in [4.69, 9.17) is 11.0 Å². The molecule has 0 fully saturated rings. The van der Waals surface area contributed by atoms with Gasteiger partial charge in [-0.2, -0.15) is 9.64 Å². The fraction of sp³-hybridized carbons (Fsp3) is 0.250. The summed E-state index contributed by atoms with van der Waals surface area (Å²) < 4.78 is 5.70. The summed E-state index contributed by atoms with van der Waals surface area (Å²) in [4.78, 5) is 0. The maximum Gasteiger partial charge on any atom is 0.157 e. The number of hydrogen-bond donors (Lipinski definition) is 2. The lowest BCUT2D eigenvalue weighted by Gasteiger charge is -2.02. The molecule has 16 heavy (non-hydrogen) atoms. The van der Waals surface area contributed by atoms with Gasteiger partial charge in [0, 0.05) is 7.05 Å². The predicted molar refractivity (Wildman–Crippen MR) is 59.6 cm³/mol. The number of nitrogens with zero attached hydrogens (tertiary/aromatic N) is 5. The minimum Gasteiger partial charge on any atom is -0.382 e. The highest BCUT2D eigenvalue weighted by molar-refractivity contribution is 7.10. The van der Waals surface area contributed by atoms with Gasteiger partial charge in [-0.3, -0.25) is 0 Å². The van der Waals surface area contributed by atoms with Crippen LogP contribution in [0.2, 0.25) is 0 Å². The third-order valence-electron chi connectivity index (χ3n) is 2.04. The Morgan fingerprint density at radius 1 is 1.69 bits per heavy atom. The molecule has 2 aromatic rings. The Hall–Kier alpha value is -2.14. The van der Waals surface area contributed by atoms with Crippen molar-refractivity contribution in [3.8, 4) is 6.07 Å². The Morgan fingerprint density at radius 2 is 2.50 bits per heavy atom. The molecule has 0 atom stereocenters. The average Bonchev–Trinajstić information content (AvgIpc) is 2.82. The van der Waals surface area contributed by atoms with E-state index in [9.17, 15) is 0 Å². The Balaban J connectivity index is 2.11. The maximum absolute atomic E-state index is 8.86. The normalized spacial score (nSPS) is 10.0. The van der Waals surface area contributed by atoms with Crippen LogP contribution < -0.4 is 11.1 Å². The van der Waals surface area contributed by atoms with Crippen LogP contribution in [-0.2, 0) is 13.6 Å². The lowest BCUT2D eigenvalue weighted by Crippen LogP contribution is -2.05. The molecule has 0 aliphatic rings. The molecule has 0 aliphatic heterocycles. The van der Waals surface area contributed by atoms with Crippen molar-refractivity contribution in [1.29, 1.82) is 5.26 Å². The van der Waals surface area contributed by atoms with Gasteiger partial charge < -0.3 is 15.6 Å². The van der Waals surface area contributed by atoms with Crippen molar-refractivity contribution in [2.24, 2.45) is 7.05 Å². The average molecular weight is 235 g/mol. The smallest absolute Gasteiger partial charge is 0.157 e. The Morgan fingerprint density at radius 3 is 3.12 bits per heavy atom. The Bertz CT molecular complexity index is 535. The monoisotopic (exact) mass is 235 g/mol. The van der Waals surface area contributed by atoms with Crippen molar-refractivity contribution in [2.75, 3.05) is 11.1 Å². The van der Waals surface area contributed by atoms with E-state index in [1.54, 1.807) is 10.9 Å². The molecule has 0 aromatic carbocycles. The summed E-state index contributed by atoms with van der Waals surface area (Å²) in [6, 6.07) is 2.01. The van der Waals surface area contributed by atoms with Crippen molar-refractivity contribution in [2.45, 2.75) is 6.54 Å². The van der Waals surface area contributed by atoms with Gasteiger partial charge in [0.2, 0.25) is 0 Å². The quantitative estimate of drug-likeness (QED) is 0.794. The fourth-order valence-electron chi connectivity index (χ4n) is 1.16. The number of nitrogen functional groups attached to an aromatic ring is 1. The van der Waals surface area contributed by atoms with Crippen LogP contribution in [0.3, 0.4) is 0 Å². The lowest BCUT2D eigenvalue weighted by atomic mass is 10.3. The molecule has 0 amide bonds. The van der Waals surface area contributed by atoms with E-state index >= 15 is 0 Å². The molecular weight excluding hydrogens is 226 g/mol. The van der Waals surface area contributed by atoms with Gasteiger partial charge in [-0.15, -0.1) is 10.2 Å². The van der Waals surface area contributed by atoms with Crippen LogP contribution in [-0.4, -0.2) is 19.1 Å². The van der Waals surface area contributed by atoms with E-state index in [-0.39, 0.29) is 5.82 Å². The molecule has 0 saturated heterocycles. The number of hydrogen-bond acceptors (Lipinski definition) is 7. The molecule has 2 heterocycles. The molecular formula is C8H9N7S. The van der Waals surface area contributed by atoms with Crippen molar-refractivity contribution >= 4 is 22.4 Å². The SMILES string of the molecule is Cn1cnnc1CNc1snc(N)c1C#N. The van der Waals surface area contributed by atoms with Crippen LogP contribution in [0.1, 0.15) is 11.4 Å². The number of nitrogens with two attached hydrogens (primary N) is 1. The summed E-state index contributed by atoms with van der Waals surface area (Å²) >= 11 is 1.16. The predicted octanol–water partition coefficient (Wildman–Crippen LogP) is 0.338. The van der Waals surface area contributed by atoms with Gasteiger partial charge in [0.1, 0.15) is 23.0 Å². The molecule has 0 saturated carbocycles. The Labute approximate surface area is 95.7 Å². The van der Waals surface area contributed by atoms with E-state index in [0.717, 1.165) is 17.4 Å². The molecule has 7 nitrogen and oxygen atoms in total. The van der Waals surface area contributed by atoms with Crippen molar-refractivity contribution in [1.82, 2.24) is 19.1 Å². The first-order valence-electron chi connectivity index (χ1n) is 4.44. The molecule has 82 valence electrons. The third-order valence-corrected chi connectivity index (χ3v) is 2.86. The zero-order chi connectivity index (χ0) is 11.5. The first-order valence-corrected chi connectivity index (χ1v) is 5.21. The molecule has 2 rings (SSSR count). The zero-order valence-corrected chi connectivity index (χ0v) is 9.32. The van der Waals surface area contributed by atoms with E-state index in [1.165, 1.54) is 0 Å². The molecule has 8 heteroatoms. The maximum atomic E-state index is 8.86. The highest BCUT2D eigenvalue weighted by Crippen LogP contribution is 2.25.